The standard InChI is InChI=1S/C17H20Br2N2/c1-20-10-13-6-7-15(17(19)9-13)12-21(2)11-14-4-3-5-16(18)8-14/h3-9,20H,10-12H2,1-2H3. The first-order valence-corrected chi connectivity index (χ1v) is 8.52. The lowest BCUT2D eigenvalue weighted by atomic mass is 10.1. The molecule has 2 rings (SSSR count). The molecule has 0 aliphatic rings. The van der Waals surface area contributed by atoms with E-state index in [9.17, 15) is 0 Å². The summed E-state index contributed by atoms with van der Waals surface area (Å²) in [5.74, 6) is 0. The molecule has 0 aliphatic carbocycles. The Hall–Kier alpha value is -0.680. The van der Waals surface area contributed by atoms with Gasteiger partial charge in [-0.05, 0) is 49.0 Å². The Morgan fingerprint density at radius 1 is 1.00 bits per heavy atom. The van der Waals surface area contributed by atoms with E-state index in [1.54, 1.807) is 0 Å². The molecular formula is C17H20Br2N2. The number of benzene rings is 2. The van der Waals surface area contributed by atoms with Gasteiger partial charge < -0.3 is 5.32 Å². The zero-order valence-electron chi connectivity index (χ0n) is 12.4. The van der Waals surface area contributed by atoms with Crippen LogP contribution in [0.15, 0.2) is 51.4 Å². The smallest absolute Gasteiger partial charge is 0.0245 e. The summed E-state index contributed by atoms with van der Waals surface area (Å²) in [6.45, 7) is 2.75. The van der Waals surface area contributed by atoms with Crippen molar-refractivity contribution in [2.75, 3.05) is 14.1 Å². The second-order valence-electron chi connectivity index (χ2n) is 5.26. The Kier molecular flexibility index (Phi) is 6.42. The predicted molar refractivity (Wildman–Crippen MR) is 96.2 cm³/mol. The molecular weight excluding hydrogens is 392 g/mol. The van der Waals surface area contributed by atoms with E-state index in [4.69, 9.17) is 0 Å². The number of halogens is 2. The van der Waals surface area contributed by atoms with E-state index in [0.717, 1.165) is 24.1 Å². The van der Waals surface area contributed by atoms with E-state index in [-0.39, 0.29) is 0 Å². The number of hydrogen-bond acceptors (Lipinski definition) is 2. The first-order chi connectivity index (χ1) is 10.1. The maximum atomic E-state index is 3.68. The summed E-state index contributed by atoms with van der Waals surface area (Å²) < 4.78 is 2.31. The van der Waals surface area contributed by atoms with Gasteiger partial charge in [-0.25, -0.2) is 0 Å². The normalized spacial score (nSPS) is 11.1. The van der Waals surface area contributed by atoms with Gasteiger partial charge in [0, 0.05) is 28.6 Å². The molecule has 21 heavy (non-hydrogen) atoms. The Morgan fingerprint density at radius 2 is 1.81 bits per heavy atom. The largest absolute Gasteiger partial charge is 0.316 e. The second-order valence-corrected chi connectivity index (χ2v) is 7.03. The van der Waals surface area contributed by atoms with Gasteiger partial charge in [0.15, 0.2) is 0 Å². The average molecular weight is 412 g/mol. The molecule has 4 heteroatoms. The molecule has 0 radical (unpaired) electrons. The molecule has 1 N–H and O–H groups in total. The minimum absolute atomic E-state index is 0.896. The quantitative estimate of drug-likeness (QED) is 0.749. The van der Waals surface area contributed by atoms with Crippen LogP contribution in [0.2, 0.25) is 0 Å². The molecule has 2 aromatic carbocycles. The Labute approximate surface area is 143 Å². The van der Waals surface area contributed by atoms with Crippen molar-refractivity contribution in [3.63, 3.8) is 0 Å². The summed E-state index contributed by atoms with van der Waals surface area (Å²) in [4.78, 5) is 2.32. The van der Waals surface area contributed by atoms with Crippen LogP contribution in [-0.2, 0) is 19.6 Å². The highest BCUT2D eigenvalue weighted by Crippen LogP contribution is 2.21. The van der Waals surface area contributed by atoms with Gasteiger partial charge in [-0.1, -0.05) is 56.1 Å². The maximum absolute atomic E-state index is 3.68. The monoisotopic (exact) mass is 410 g/mol. The Balaban J connectivity index is 2.00. The SMILES string of the molecule is CNCc1ccc(CN(C)Cc2cccc(Br)c2)c(Br)c1. The van der Waals surface area contributed by atoms with Crippen molar-refractivity contribution in [3.05, 3.63) is 68.1 Å². The molecule has 2 nitrogen and oxygen atoms in total. The van der Waals surface area contributed by atoms with Crippen molar-refractivity contribution in [1.29, 1.82) is 0 Å². The zero-order valence-corrected chi connectivity index (χ0v) is 15.5. The van der Waals surface area contributed by atoms with Crippen LogP contribution < -0.4 is 5.32 Å². The predicted octanol–water partition coefficient (Wildman–Crippen LogP) is 4.56. The van der Waals surface area contributed by atoms with Gasteiger partial charge >= 0.3 is 0 Å². The lowest BCUT2D eigenvalue weighted by molar-refractivity contribution is 0.318. The second kappa shape index (κ2) is 8.08. The van der Waals surface area contributed by atoms with Crippen LogP contribution in [0.4, 0.5) is 0 Å². The van der Waals surface area contributed by atoms with E-state index in [0.29, 0.717) is 0 Å². The van der Waals surface area contributed by atoms with E-state index in [2.05, 4.69) is 91.6 Å². The van der Waals surface area contributed by atoms with Crippen LogP contribution in [0.25, 0.3) is 0 Å². The summed E-state index contributed by atoms with van der Waals surface area (Å²) in [5, 5.41) is 3.17. The minimum atomic E-state index is 0.896. The first-order valence-electron chi connectivity index (χ1n) is 6.93. The molecule has 0 bridgehead atoms. The van der Waals surface area contributed by atoms with Gasteiger partial charge in [0.2, 0.25) is 0 Å². The highest BCUT2D eigenvalue weighted by molar-refractivity contribution is 9.10. The molecule has 0 aromatic heterocycles. The summed E-state index contributed by atoms with van der Waals surface area (Å²) in [6.07, 6.45) is 0. The fourth-order valence-corrected chi connectivity index (χ4v) is 3.33. The maximum Gasteiger partial charge on any atom is 0.0245 e. The topological polar surface area (TPSA) is 15.3 Å². The summed E-state index contributed by atoms with van der Waals surface area (Å²) in [7, 11) is 4.11. The number of nitrogens with zero attached hydrogens (tertiary/aromatic N) is 1. The van der Waals surface area contributed by atoms with Crippen molar-refractivity contribution in [1.82, 2.24) is 10.2 Å². The number of hydrogen-bond donors (Lipinski definition) is 1. The van der Waals surface area contributed by atoms with Gasteiger partial charge in [-0.3, -0.25) is 4.90 Å². The Bertz CT molecular complexity index is 599. The Morgan fingerprint density at radius 3 is 2.48 bits per heavy atom. The van der Waals surface area contributed by atoms with E-state index in [1.807, 2.05) is 7.05 Å². The van der Waals surface area contributed by atoms with E-state index < -0.39 is 0 Å². The summed E-state index contributed by atoms with van der Waals surface area (Å²) in [5.41, 5.74) is 3.92. The fraction of sp³-hybridized carbons (Fsp3) is 0.294. The van der Waals surface area contributed by atoms with Crippen molar-refractivity contribution in [2.45, 2.75) is 19.6 Å². The van der Waals surface area contributed by atoms with Crippen molar-refractivity contribution < 1.29 is 0 Å². The molecule has 0 fully saturated rings. The number of rotatable bonds is 6. The molecule has 0 saturated heterocycles. The lowest BCUT2D eigenvalue weighted by Gasteiger charge is -2.18. The van der Waals surface area contributed by atoms with Crippen LogP contribution in [-0.4, -0.2) is 19.0 Å². The molecule has 0 saturated carbocycles. The fourth-order valence-electron chi connectivity index (χ4n) is 2.33. The molecule has 0 atom stereocenters. The van der Waals surface area contributed by atoms with Gasteiger partial charge in [0.25, 0.3) is 0 Å². The van der Waals surface area contributed by atoms with Crippen LogP contribution in [0, 0.1) is 0 Å². The van der Waals surface area contributed by atoms with Gasteiger partial charge in [0.05, 0.1) is 0 Å². The third-order valence-electron chi connectivity index (χ3n) is 3.28. The molecule has 0 amide bonds. The third kappa shape index (κ3) is 5.22. The number of nitrogens with one attached hydrogen (secondary N) is 1. The lowest BCUT2D eigenvalue weighted by Crippen LogP contribution is -2.17. The molecule has 112 valence electrons. The van der Waals surface area contributed by atoms with Crippen molar-refractivity contribution in [2.24, 2.45) is 0 Å². The minimum Gasteiger partial charge on any atom is -0.316 e. The average Bonchev–Trinajstić information content (AvgIpc) is 2.42. The molecule has 0 heterocycles. The van der Waals surface area contributed by atoms with Crippen LogP contribution in [0.1, 0.15) is 16.7 Å². The van der Waals surface area contributed by atoms with Crippen molar-refractivity contribution >= 4 is 31.9 Å². The summed E-state index contributed by atoms with van der Waals surface area (Å²) >= 11 is 7.20. The molecule has 0 unspecified atom stereocenters. The molecule has 0 aliphatic heterocycles. The summed E-state index contributed by atoms with van der Waals surface area (Å²) in [6, 6.07) is 15.0. The zero-order chi connectivity index (χ0) is 15.2. The molecule has 0 spiro atoms. The molecule has 2 aromatic rings. The van der Waals surface area contributed by atoms with Crippen LogP contribution >= 0.6 is 31.9 Å². The highest BCUT2D eigenvalue weighted by atomic mass is 79.9. The highest BCUT2D eigenvalue weighted by Gasteiger charge is 2.06. The van der Waals surface area contributed by atoms with E-state index >= 15 is 0 Å². The third-order valence-corrected chi connectivity index (χ3v) is 4.51. The van der Waals surface area contributed by atoms with E-state index in [1.165, 1.54) is 21.2 Å². The van der Waals surface area contributed by atoms with Crippen molar-refractivity contribution in [3.8, 4) is 0 Å². The van der Waals surface area contributed by atoms with Gasteiger partial charge in [-0.2, -0.15) is 0 Å². The van der Waals surface area contributed by atoms with Crippen LogP contribution in [0.3, 0.4) is 0 Å². The van der Waals surface area contributed by atoms with Gasteiger partial charge in [-0.15, -0.1) is 0 Å². The first kappa shape index (κ1) is 16.7. The van der Waals surface area contributed by atoms with Crippen LogP contribution in [0.5, 0.6) is 0 Å². The van der Waals surface area contributed by atoms with Gasteiger partial charge in [0.1, 0.15) is 0 Å².